The molecule has 2 N–H and O–H groups in total. The molecule has 0 radical (unpaired) electrons. The highest BCUT2D eigenvalue weighted by Gasteiger charge is 2.11. The van der Waals surface area contributed by atoms with Crippen LogP contribution in [0.2, 0.25) is 0 Å². The van der Waals surface area contributed by atoms with Crippen LogP contribution < -0.4 is 10.6 Å². The van der Waals surface area contributed by atoms with E-state index < -0.39 is 0 Å². The number of carbonyl (C=O) groups is 2. The van der Waals surface area contributed by atoms with Crippen LogP contribution in [0.25, 0.3) is 5.69 Å². The number of thioether (sulfide) groups is 1. The third-order valence-electron chi connectivity index (χ3n) is 4.18. The molecule has 3 aromatic rings. The summed E-state index contributed by atoms with van der Waals surface area (Å²) < 4.78 is 1.85. The highest BCUT2D eigenvalue weighted by Crippen LogP contribution is 2.19. The summed E-state index contributed by atoms with van der Waals surface area (Å²) in [6.45, 7) is 4.84. The number of hydrogen-bond acceptors (Lipinski definition) is 5. The molecule has 0 aliphatic rings. The van der Waals surface area contributed by atoms with Gasteiger partial charge in [0.2, 0.25) is 5.91 Å². The van der Waals surface area contributed by atoms with Crippen molar-refractivity contribution in [3.8, 4) is 5.69 Å². The molecule has 1 aromatic heterocycles. The lowest BCUT2D eigenvalue weighted by Crippen LogP contribution is -2.25. The second kappa shape index (κ2) is 9.88. The number of nitrogens with one attached hydrogen (secondary N) is 2. The molecule has 1 heterocycles. The van der Waals surface area contributed by atoms with Crippen LogP contribution in [-0.2, 0) is 11.3 Å². The highest BCUT2D eigenvalue weighted by atomic mass is 32.2. The van der Waals surface area contributed by atoms with E-state index in [0.29, 0.717) is 23.8 Å². The first-order valence-corrected chi connectivity index (χ1v) is 10.3. The van der Waals surface area contributed by atoms with Gasteiger partial charge in [-0.3, -0.25) is 14.2 Å². The normalized spacial score (nSPS) is 10.6. The van der Waals surface area contributed by atoms with Crippen molar-refractivity contribution >= 4 is 23.6 Å². The first kappa shape index (κ1) is 20.6. The van der Waals surface area contributed by atoms with Gasteiger partial charge in [-0.2, -0.15) is 0 Å². The van der Waals surface area contributed by atoms with Gasteiger partial charge in [0, 0.05) is 24.3 Å². The lowest BCUT2D eigenvalue weighted by Gasteiger charge is -2.08. The van der Waals surface area contributed by atoms with Gasteiger partial charge in [-0.15, -0.1) is 10.2 Å². The van der Waals surface area contributed by atoms with Crippen molar-refractivity contribution in [2.75, 3.05) is 12.3 Å². The van der Waals surface area contributed by atoms with Crippen LogP contribution in [0.4, 0.5) is 0 Å². The zero-order valence-corrected chi connectivity index (χ0v) is 17.2. The zero-order chi connectivity index (χ0) is 20.6. The molecular weight excluding hydrogens is 386 g/mol. The molecule has 2 amide bonds. The van der Waals surface area contributed by atoms with Crippen molar-refractivity contribution in [1.82, 2.24) is 25.4 Å². The van der Waals surface area contributed by atoms with E-state index in [1.54, 1.807) is 18.5 Å². The Hall–Kier alpha value is -3.13. The number of aromatic nitrogens is 3. The standard InChI is InChI=1S/C21H23N5O2S/c1-3-22-20(28)17-6-4-5-16(11-17)12-23-19(27)13-29-21-25-24-14-26(21)18-9-7-15(2)8-10-18/h4-11,14H,3,12-13H2,1-2H3,(H,22,28)(H,23,27). The fraction of sp³-hybridized carbons (Fsp3) is 0.238. The molecule has 8 heteroatoms. The summed E-state index contributed by atoms with van der Waals surface area (Å²) in [5, 5.41) is 14.4. The van der Waals surface area contributed by atoms with Gasteiger partial charge >= 0.3 is 0 Å². The number of aryl methyl sites for hydroxylation is 1. The maximum atomic E-state index is 12.3. The molecule has 0 aliphatic carbocycles. The number of hydrogen-bond donors (Lipinski definition) is 2. The highest BCUT2D eigenvalue weighted by molar-refractivity contribution is 7.99. The molecule has 0 unspecified atom stereocenters. The van der Waals surface area contributed by atoms with Gasteiger partial charge in [0.25, 0.3) is 5.91 Å². The Morgan fingerprint density at radius 1 is 1.10 bits per heavy atom. The van der Waals surface area contributed by atoms with Gasteiger partial charge in [-0.1, -0.05) is 41.6 Å². The van der Waals surface area contributed by atoms with Gasteiger partial charge in [0.15, 0.2) is 5.16 Å². The minimum atomic E-state index is -0.119. The van der Waals surface area contributed by atoms with Gasteiger partial charge in [0.05, 0.1) is 5.75 Å². The number of carbonyl (C=O) groups excluding carboxylic acids is 2. The fourth-order valence-electron chi connectivity index (χ4n) is 2.67. The number of nitrogens with zero attached hydrogens (tertiary/aromatic N) is 3. The van der Waals surface area contributed by atoms with Crippen LogP contribution in [0.5, 0.6) is 0 Å². The van der Waals surface area contributed by atoms with E-state index in [4.69, 9.17) is 0 Å². The van der Waals surface area contributed by atoms with E-state index in [1.165, 1.54) is 17.3 Å². The van der Waals surface area contributed by atoms with Crippen LogP contribution in [-0.4, -0.2) is 38.9 Å². The van der Waals surface area contributed by atoms with Gasteiger partial charge in [-0.25, -0.2) is 0 Å². The Bertz CT molecular complexity index is 985. The van der Waals surface area contributed by atoms with E-state index in [-0.39, 0.29) is 17.6 Å². The lowest BCUT2D eigenvalue weighted by atomic mass is 10.1. The Morgan fingerprint density at radius 3 is 2.66 bits per heavy atom. The summed E-state index contributed by atoms with van der Waals surface area (Å²) in [4.78, 5) is 24.2. The van der Waals surface area contributed by atoms with Crippen molar-refractivity contribution in [2.45, 2.75) is 25.5 Å². The third-order valence-corrected chi connectivity index (χ3v) is 5.12. The summed E-state index contributed by atoms with van der Waals surface area (Å²) in [6.07, 6.45) is 1.64. The predicted molar refractivity (Wildman–Crippen MR) is 113 cm³/mol. The number of rotatable bonds is 8. The molecule has 0 saturated heterocycles. The topological polar surface area (TPSA) is 88.9 Å². The van der Waals surface area contributed by atoms with Gasteiger partial charge < -0.3 is 10.6 Å². The maximum absolute atomic E-state index is 12.3. The van der Waals surface area contributed by atoms with Gasteiger partial charge in [0.1, 0.15) is 6.33 Å². The molecule has 29 heavy (non-hydrogen) atoms. The minimum absolute atomic E-state index is 0.114. The van der Waals surface area contributed by atoms with E-state index in [1.807, 2.05) is 54.8 Å². The van der Waals surface area contributed by atoms with E-state index in [0.717, 1.165) is 11.3 Å². The fourth-order valence-corrected chi connectivity index (χ4v) is 3.43. The summed E-state index contributed by atoms with van der Waals surface area (Å²) in [5.74, 6) is -0.0100. The van der Waals surface area contributed by atoms with Crippen LogP contribution in [0, 0.1) is 6.92 Å². The monoisotopic (exact) mass is 409 g/mol. The van der Waals surface area contributed by atoms with E-state index in [9.17, 15) is 9.59 Å². The third kappa shape index (κ3) is 5.68. The second-order valence-corrected chi connectivity index (χ2v) is 7.39. The molecule has 0 spiro atoms. The minimum Gasteiger partial charge on any atom is -0.352 e. The average Bonchev–Trinajstić information content (AvgIpc) is 3.20. The molecule has 3 rings (SSSR count). The SMILES string of the molecule is CCNC(=O)c1cccc(CNC(=O)CSc2nncn2-c2ccc(C)cc2)c1. The summed E-state index contributed by atoms with van der Waals surface area (Å²) in [7, 11) is 0. The molecule has 0 fully saturated rings. The Labute approximate surface area is 173 Å². The van der Waals surface area contributed by atoms with Crippen molar-refractivity contribution in [3.05, 3.63) is 71.5 Å². The van der Waals surface area contributed by atoms with Crippen LogP contribution in [0.3, 0.4) is 0 Å². The maximum Gasteiger partial charge on any atom is 0.251 e. The van der Waals surface area contributed by atoms with E-state index >= 15 is 0 Å². The second-order valence-electron chi connectivity index (χ2n) is 6.44. The van der Waals surface area contributed by atoms with Crippen LogP contribution in [0.15, 0.2) is 60.0 Å². The summed E-state index contributed by atoms with van der Waals surface area (Å²) in [5.41, 5.74) is 3.58. The molecular formula is C21H23N5O2S. The Kier molecular flexibility index (Phi) is 7.02. The first-order valence-electron chi connectivity index (χ1n) is 9.30. The molecule has 0 atom stereocenters. The van der Waals surface area contributed by atoms with Crippen molar-refractivity contribution < 1.29 is 9.59 Å². The molecule has 7 nitrogen and oxygen atoms in total. The van der Waals surface area contributed by atoms with E-state index in [2.05, 4.69) is 20.8 Å². The van der Waals surface area contributed by atoms with Crippen molar-refractivity contribution in [1.29, 1.82) is 0 Å². The quantitative estimate of drug-likeness (QED) is 0.559. The molecule has 0 bridgehead atoms. The molecule has 2 aromatic carbocycles. The number of benzene rings is 2. The lowest BCUT2D eigenvalue weighted by molar-refractivity contribution is -0.118. The Morgan fingerprint density at radius 2 is 1.90 bits per heavy atom. The van der Waals surface area contributed by atoms with Crippen molar-refractivity contribution in [2.24, 2.45) is 0 Å². The summed E-state index contributed by atoms with van der Waals surface area (Å²) >= 11 is 1.32. The molecule has 150 valence electrons. The van der Waals surface area contributed by atoms with Crippen LogP contribution in [0.1, 0.15) is 28.4 Å². The summed E-state index contributed by atoms with van der Waals surface area (Å²) in [6, 6.07) is 15.2. The Balaban J connectivity index is 1.54. The molecule has 0 aliphatic heterocycles. The van der Waals surface area contributed by atoms with Crippen molar-refractivity contribution in [3.63, 3.8) is 0 Å². The van der Waals surface area contributed by atoms with Crippen LogP contribution >= 0.6 is 11.8 Å². The number of amides is 2. The van der Waals surface area contributed by atoms with Gasteiger partial charge in [-0.05, 0) is 43.7 Å². The smallest absolute Gasteiger partial charge is 0.251 e. The first-order chi connectivity index (χ1) is 14.1. The molecule has 0 saturated carbocycles. The largest absolute Gasteiger partial charge is 0.352 e. The average molecular weight is 410 g/mol. The predicted octanol–water partition coefficient (Wildman–Crippen LogP) is 2.73. The zero-order valence-electron chi connectivity index (χ0n) is 16.4.